The van der Waals surface area contributed by atoms with Crippen LogP contribution in [0.1, 0.15) is 26.7 Å². The van der Waals surface area contributed by atoms with Crippen molar-refractivity contribution in [2.45, 2.75) is 38.8 Å². The normalized spacial score (nSPS) is 30.0. The van der Waals surface area contributed by atoms with Crippen molar-refractivity contribution >= 4 is 40.2 Å². The van der Waals surface area contributed by atoms with Gasteiger partial charge in [0.15, 0.2) is 0 Å². The SMILES string of the molecule is CC(O)C1C(=O)N2C(C(=O)[O-])=C(SC(=S)N3CCCC3)C(C)C12.[Na+]. The van der Waals surface area contributed by atoms with E-state index in [1.54, 1.807) is 6.92 Å². The third-order valence-electron chi connectivity index (χ3n) is 4.86. The Morgan fingerprint density at radius 3 is 2.50 bits per heavy atom. The van der Waals surface area contributed by atoms with Gasteiger partial charge in [0.05, 0.1) is 29.7 Å². The number of carbonyl (C=O) groups excluding carboxylic acids is 2. The molecule has 0 aromatic rings. The van der Waals surface area contributed by atoms with Crippen molar-refractivity contribution < 1.29 is 49.4 Å². The minimum absolute atomic E-state index is 0. The van der Waals surface area contributed by atoms with Gasteiger partial charge in [-0.15, -0.1) is 0 Å². The molecule has 0 bridgehead atoms. The molecule has 24 heavy (non-hydrogen) atoms. The first-order valence-electron chi connectivity index (χ1n) is 7.78. The van der Waals surface area contributed by atoms with Crippen LogP contribution in [0, 0.1) is 11.8 Å². The molecule has 2 saturated heterocycles. The molecule has 3 heterocycles. The molecular formula is C15H19N2NaO4S2. The Morgan fingerprint density at radius 2 is 2.00 bits per heavy atom. The zero-order valence-corrected chi connectivity index (χ0v) is 17.7. The minimum Gasteiger partial charge on any atom is -0.543 e. The molecule has 4 atom stereocenters. The molecule has 0 aromatic carbocycles. The van der Waals surface area contributed by atoms with Crippen molar-refractivity contribution in [2.75, 3.05) is 13.1 Å². The van der Waals surface area contributed by atoms with Gasteiger partial charge < -0.3 is 24.8 Å². The molecule has 0 aromatic heterocycles. The van der Waals surface area contributed by atoms with Gasteiger partial charge in [0, 0.05) is 23.9 Å². The maximum absolute atomic E-state index is 12.2. The van der Waals surface area contributed by atoms with Crippen LogP contribution in [-0.4, -0.2) is 56.3 Å². The Bertz CT molecular complexity index is 604. The number of aliphatic carboxylic acids is 1. The van der Waals surface area contributed by atoms with Crippen molar-refractivity contribution in [1.29, 1.82) is 0 Å². The van der Waals surface area contributed by atoms with Gasteiger partial charge >= 0.3 is 29.6 Å². The average Bonchev–Trinajstić information content (AvgIpc) is 3.06. The number of nitrogens with zero attached hydrogens (tertiary/aromatic N) is 2. The van der Waals surface area contributed by atoms with Crippen molar-refractivity contribution in [2.24, 2.45) is 11.8 Å². The third-order valence-corrected chi connectivity index (χ3v) is 6.59. The fourth-order valence-corrected chi connectivity index (χ4v) is 5.26. The summed E-state index contributed by atoms with van der Waals surface area (Å²) in [5, 5.41) is 21.4. The number of carboxylic acids is 1. The summed E-state index contributed by atoms with van der Waals surface area (Å²) in [6.07, 6.45) is 1.36. The molecule has 3 aliphatic rings. The number of carboxylic acid groups (broad SMARTS) is 1. The fourth-order valence-electron chi connectivity index (χ4n) is 3.71. The van der Waals surface area contributed by atoms with Gasteiger partial charge in [-0.3, -0.25) is 4.79 Å². The molecule has 0 spiro atoms. The Balaban J connectivity index is 0.00000208. The molecule has 9 heteroatoms. The number of likely N-dealkylation sites (tertiary alicyclic amines) is 1. The van der Waals surface area contributed by atoms with Gasteiger partial charge in [-0.2, -0.15) is 0 Å². The first-order chi connectivity index (χ1) is 10.8. The van der Waals surface area contributed by atoms with E-state index in [2.05, 4.69) is 4.90 Å². The number of carbonyl (C=O) groups is 2. The van der Waals surface area contributed by atoms with Crippen LogP contribution in [0.3, 0.4) is 0 Å². The number of fused-ring (bicyclic) bond motifs is 1. The second kappa shape index (κ2) is 7.63. The minimum atomic E-state index is -1.36. The molecule has 4 unspecified atom stereocenters. The first kappa shape index (κ1) is 20.2. The number of β-lactam (4-membered cyclic amide) rings is 1. The van der Waals surface area contributed by atoms with Gasteiger partial charge in [0.2, 0.25) is 5.91 Å². The molecular weight excluding hydrogens is 359 g/mol. The molecule has 3 aliphatic heterocycles. The standard InChI is InChI=1S/C15H20N2O4S2.Na/c1-7-10-9(8(2)18)13(19)17(10)11(14(20)21)12(7)23-15(22)16-5-3-4-6-16;/h7-10,18H,3-6H2,1-2H3,(H,20,21);/q;+1/p-1. The topological polar surface area (TPSA) is 83.9 Å². The van der Waals surface area contributed by atoms with Crippen molar-refractivity contribution in [1.82, 2.24) is 9.80 Å². The summed E-state index contributed by atoms with van der Waals surface area (Å²) < 4.78 is 0.645. The molecule has 3 rings (SSSR count). The molecule has 1 N–H and O–H groups in total. The summed E-state index contributed by atoms with van der Waals surface area (Å²) in [6.45, 7) is 5.21. The van der Waals surface area contributed by atoms with E-state index in [1.165, 1.54) is 16.7 Å². The summed E-state index contributed by atoms with van der Waals surface area (Å²) in [6, 6.07) is -0.320. The van der Waals surface area contributed by atoms with E-state index in [9.17, 15) is 19.8 Å². The van der Waals surface area contributed by atoms with E-state index in [4.69, 9.17) is 12.2 Å². The number of thioether (sulfide) groups is 1. The number of hydrogen-bond donors (Lipinski definition) is 1. The summed E-state index contributed by atoms with van der Waals surface area (Å²) >= 11 is 6.69. The Morgan fingerprint density at radius 1 is 1.42 bits per heavy atom. The molecule has 126 valence electrons. The van der Waals surface area contributed by atoms with Crippen molar-refractivity contribution in [3.63, 3.8) is 0 Å². The van der Waals surface area contributed by atoms with E-state index in [1.807, 2.05) is 6.92 Å². The van der Waals surface area contributed by atoms with Crippen LogP contribution in [0.25, 0.3) is 0 Å². The number of amides is 1. The maximum atomic E-state index is 12.2. The van der Waals surface area contributed by atoms with Crippen LogP contribution in [0.5, 0.6) is 0 Å². The van der Waals surface area contributed by atoms with Crippen LogP contribution in [0.2, 0.25) is 0 Å². The van der Waals surface area contributed by atoms with E-state index in [-0.39, 0.29) is 53.1 Å². The predicted octanol–water partition coefficient (Wildman–Crippen LogP) is -3.08. The van der Waals surface area contributed by atoms with Crippen LogP contribution < -0.4 is 34.7 Å². The molecule has 2 fully saturated rings. The number of aliphatic hydroxyl groups is 1. The van der Waals surface area contributed by atoms with E-state index >= 15 is 0 Å². The summed E-state index contributed by atoms with van der Waals surface area (Å²) in [5.41, 5.74) is -0.0732. The largest absolute Gasteiger partial charge is 1.00 e. The average molecular weight is 378 g/mol. The molecule has 0 aliphatic carbocycles. The molecule has 0 radical (unpaired) electrons. The fraction of sp³-hybridized carbons (Fsp3) is 0.667. The number of thiocarbonyl (C=S) groups is 1. The molecule has 6 nitrogen and oxygen atoms in total. The van der Waals surface area contributed by atoms with Crippen molar-refractivity contribution in [3.05, 3.63) is 10.6 Å². The molecule has 0 saturated carbocycles. The third kappa shape index (κ3) is 3.17. The predicted molar refractivity (Wildman–Crippen MR) is 88.0 cm³/mol. The van der Waals surface area contributed by atoms with Crippen LogP contribution >= 0.6 is 24.0 Å². The van der Waals surface area contributed by atoms with Gasteiger partial charge in [-0.1, -0.05) is 30.9 Å². The van der Waals surface area contributed by atoms with Crippen LogP contribution in [0.15, 0.2) is 10.6 Å². The van der Waals surface area contributed by atoms with E-state index in [0.29, 0.717) is 9.23 Å². The zero-order chi connectivity index (χ0) is 16.9. The quantitative estimate of drug-likeness (QED) is 0.317. The zero-order valence-electron chi connectivity index (χ0n) is 14.0. The van der Waals surface area contributed by atoms with Gasteiger partial charge in [0.25, 0.3) is 0 Å². The first-order valence-corrected chi connectivity index (χ1v) is 9.00. The second-order valence-electron chi connectivity index (χ2n) is 6.32. The summed E-state index contributed by atoms with van der Waals surface area (Å²) in [4.78, 5) is 27.7. The van der Waals surface area contributed by atoms with Crippen molar-refractivity contribution in [3.8, 4) is 0 Å². The molecule has 1 amide bonds. The second-order valence-corrected chi connectivity index (χ2v) is 7.99. The van der Waals surface area contributed by atoms with Crippen LogP contribution in [-0.2, 0) is 9.59 Å². The van der Waals surface area contributed by atoms with Gasteiger partial charge in [-0.05, 0) is 19.8 Å². The Kier molecular flexibility index (Phi) is 6.42. The van der Waals surface area contributed by atoms with Gasteiger partial charge in [0.1, 0.15) is 4.32 Å². The number of hydrogen-bond acceptors (Lipinski definition) is 6. The maximum Gasteiger partial charge on any atom is 1.00 e. The Hall–Kier alpha value is -0.120. The van der Waals surface area contributed by atoms with E-state index < -0.39 is 18.0 Å². The van der Waals surface area contributed by atoms with E-state index in [0.717, 1.165) is 25.9 Å². The summed E-state index contributed by atoms with van der Waals surface area (Å²) in [5.74, 6) is -2.44. The Labute approximate surface area is 172 Å². The number of aliphatic hydroxyl groups excluding tert-OH is 1. The van der Waals surface area contributed by atoms with Crippen LogP contribution in [0.4, 0.5) is 0 Å². The monoisotopic (exact) mass is 378 g/mol. The smallest absolute Gasteiger partial charge is 0.543 e. The number of rotatable bonds is 3. The van der Waals surface area contributed by atoms with Gasteiger partial charge in [-0.25, -0.2) is 0 Å². The summed E-state index contributed by atoms with van der Waals surface area (Å²) in [7, 11) is 0.